The van der Waals surface area contributed by atoms with Crippen LogP contribution in [0.5, 0.6) is 0 Å². The molecule has 2 aliphatic heterocycles. The number of piperidine rings is 2. The predicted molar refractivity (Wildman–Crippen MR) is 158 cm³/mol. The maximum Gasteiger partial charge on any atom is 0.257 e. The third-order valence-electron chi connectivity index (χ3n) is 9.57. The highest BCUT2D eigenvalue weighted by molar-refractivity contribution is 9.10. The summed E-state index contributed by atoms with van der Waals surface area (Å²) in [6, 6.07) is 9.59. The monoisotopic (exact) mass is 581 g/mol. The van der Waals surface area contributed by atoms with E-state index in [0.29, 0.717) is 11.6 Å². The van der Waals surface area contributed by atoms with E-state index in [0.717, 1.165) is 60.8 Å². The molecule has 0 radical (unpaired) electrons. The van der Waals surface area contributed by atoms with Crippen LogP contribution in [0.4, 0.5) is 5.69 Å². The van der Waals surface area contributed by atoms with Crippen LogP contribution in [-0.4, -0.2) is 70.0 Å². The first kappa shape index (κ1) is 27.6. The number of carbonyl (C=O) groups excluding carboxylic acids is 1. The normalized spacial score (nSPS) is 21.4. The molecular weight excluding hydrogens is 538 g/mol. The molecule has 2 aromatic rings. The van der Waals surface area contributed by atoms with Gasteiger partial charge in [-0.1, -0.05) is 35.2 Å². The van der Waals surface area contributed by atoms with Gasteiger partial charge in [0.1, 0.15) is 6.33 Å². The molecule has 0 N–H and O–H groups in total. The quantitative estimate of drug-likeness (QED) is 0.395. The highest BCUT2D eigenvalue weighted by atomic mass is 79.9. The van der Waals surface area contributed by atoms with E-state index in [1.54, 1.807) is 6.33 Å². The third kappa shape index (κ3) is 6.09. The molecule has 1 aromatic heterocycles. The Morgan fingerprint density at radius 1 is 0.947 bits per heavy atom. The molecule has 0 atom stereocenters. The van der Waals surface area contributed by atoms with Crippen molar-refractivity contribution in [2.45, 2.75) is 90.1 Å². The summed E-state index contributed by atoms with van der Waals surface area (Å²) in [5, 5.41) is 0. The summed E-state index contributed by atoms with van der Waals surface area (Å²) in [6.45, 7) is 11.3. The first-order valence-corrected chi connectivity index (χ1v) is 15.5. The molecule has 5 rings (SSSR count). The van der Waals surface area contributed by atoms with Crippen molar-refractivity contribution < 1.29 is 4.79 Å². The van der Waals surface area contributed by atoms with Gasteiger partial charge in [0.05, 0.1) is 17.0 Å². The van der Waals surface area contributed by atoms with Crippen molar-refractivity contribution in [3.63, 3.8) is 0 Å². The van der Waals surface area contributed by atoms with E-state index >= 15 is 0 Å². The molecule has 1 aromatic carbocycles. The Morgan fingerprint density at radius 2 is 1.55 bits per heavy atom. The molecule has 3 fully saturated rings. The van der Waals surface area contributed by atoms with Gasteiger partial charge in [-0.2, -0.15) is 0 Å². The number of hydrogen-bond acceptors (Lipinski definition) is 5. The molecule has 0 unspecified atom stereocenters. The number of anilines is 1. The summed E-state index contributed by atoms with van der Waals surface area (Å²) < 4.78 is 1.15. The SMILES string of the molecule is Cc1ncnc(C)c1C(=O)N1CCC(C)(N2CCC(N(CC3CCCCC3)c3ccc(Br)cc3)CC2)CC1. The van der Waals surface area contributed by atoms with Crippen molar-refractivity contribution in [2.24, 2.45) is 5.92 Å². The summed E-state index contributed by atoms with van der Waals surface area (Å²) in [6.07, 6.45) is 13.0. The van der Waals surface area contributed by atoms with Crippen LogP contribution in [0, 0.1) is 19.8 Å². The fourth-order valence-electron chi connectivity index (χ4n) is 7.03. The largest absolute Gasteiger partial charge is 0.368 e. The molecular formula is C31H44BrN5O. The van der Waals surface area contributed by atoms with Crippen molar-refractivity contribution in [1.82, 2.24) is 19.8 Å². The van der Waals surface area contributed by atoms with Gasteiger partial charge in [-0.15, -0.1) is 0 Å². The number of likely N-dealkylation sites (tertiary alicyclic amines) is 2. The molecule has 206 valence electrons. The lowest BCUT2D eigenvalue weighted by Gasteiger charge is -2.51. The number of benzene rings is 1. The smallest absolute Gasteiger partial charge is 0.257 e. The lowest BCUT2D eigenvalue weighted by atomic mass is 9.84. The van der Waals surface area contributed by atoms with E-state index in [4.69, 9.17) is 0 Å². The Bertz CT molecular complexity index is 1060. The molecule has 7 heteroatoms. The predicted octanol–water partition coefficient (Wildman–Crippen LogP) is 6.40. The molecule has 1 saturated carbocycles. The fourth-order valence-corrected chi connectivity index (χ4v) is 7.30. The van der Waals surface area contributed by atoms with Gasteiger partial charge in [0.25, 0.3) is 5.91 Å². The number of halogens is 1. The van der Waals surface area contributed by atoms with Crippen LogP contribution < -0.4 is 4.90 Å². The van der Waals surface area contributed by atoms with Gasteiger partial charge in [-0.05, 0) is 89.5 Å². The van der Waals surface area contributed by atoms with Crippen LogP contribution in [-0.2, 0) is 0 Å². The molecule has 3 aliphatic rings. The van der Waals surface area contributed by atoms with Crippen LogP contribution in [0.2, 0.25) is 0 Å². The Labute approximate surface area is 237 Å². The van der Waals surface area contributed by atoms with Gasteiger partial charge in [0.15, 0.2) is 0 Å². The van der Waals surface area contributed by atoms with E-state index < -0.39 is 0 Å². The van der Waals surface area contributed by atoms with Gasteiger partial charge in [-0.3, -0.25) is 9.69 Å². The third-order valence-corrected chi connectivity index (χ3v) is 10.1. The number of amides is 1. The molecule has 2 saturated heterocycles. The van der Waals surface area contributed by atoms with Crippen molar-refractivity contribution in [3.05, 3.63) is 52.0 Å². The first-order valence-electron chi connectivity index (χ1n) is 14.7. The number of aryl methyl sites for hydroxylation is 2. The van der Waals surface area contributed by atoms with E-state index in [2.05, 4.69) is 66.9 Å². The maximum atomic E-state index is 13.3. The zero-order valence-electron chi connectivity index (χ0n) is 23.5. The topological polar surface area (TPSA) is 52.6 Å². The van der Waals surface area contributed by atoms with Crippen LogP contribution >= 0.6 is 15.9 Å². The lowest BCUT2D eigenvalue weighted by Crippen LogP contribution is -2.58. The minimum atomic E-state index is 0.0919. The molecule has 0 bridgehead atoms. The average Bonchev–Trinajstić information content (AvgIpc) is 2.93. The summed E-state index contributed by atoms with van der Waals surface area (Å²) in [5.41, 5.74) is 3.78. The number of hydrogen-bond donors (Lipinski definition) is 0. The van der Waals surface area contributed by atoms with Gasteiger partial charge >= 0.3 is 0 Å². The van der Waals surface area contributed by atoms with E-state index in [1.165, 1.54) is 57.2 Å². The number of rotatable bonds is 6. The van der Waals surface area contributed by atoms with Gasteiger partial charge < -0.3 is 9.80 Å². The molecule has 38 heavy (non-hydrogen) atoms. The number of nitrogens with zero attached hydrogens (tertiary/aromatic N) is 5. The molecule has 1 aliphatic carbocycles. The van der Waals surface area contributed by atoms with Crippen molar-refractivity contribution in [1.29, 1.82) is 0 Å². The Morgan fingerprint density at radius 3 is 2.16 bits per heavy atom. The molecule has 6 nitrogen and oxygen atoms in total. The van der Waals surface area contributed by atoms with Crippen LogP contribution in [0.1, 0.15) is 86.5 Å². The Balaban J connectivity index is 1.20. The Hall–Kier alpha value is -1.99. The van der Waals surface area contributed by atoms with Gasteiger partial charge in [0.2, 0.25) is 0 Å². The summed E-state index contributed by atoms with van der Waals surface area (Å²) in [4.78, 5) is 29.3. The van der Waals surface area contributed by atoms with Gasteiger partial charge in [0, 0.05) is 54.5 Å². The molecule has 3 heterocycles. The number of aromatic nitrogens is 2. The van der Waals surface area contributed by atoms with E-state index in [-0.39, 0.29) is 11.4 Å². The second-order valence-electron chi connectivity index (χ2n) is 12.1. The fraction of sp³-hybridized carbons (Fsp3) is 0.645. The zero-order valence-corrected chi connectivity index (χ0v) is 25.0. The maximum absolute atomic E-state index is 13.3. The molecule has 1 amide bonds. The summed E-state index contributed by atoms with van der Waals surface area (Å²) in [7, 11) is 0. The first-order chi connectivity index (χ1) is 18.3. The lowest BCUT2D eigenvalue weighted by molar-refractivity contribution is 0.0169. The highest BCUT2D eigenvalue weighted by Gasteiger charge is 2.40. The zero-order chi connectivity index (χ0) is 26.7. The van der Waals surface area contributed by atoms with E-state index in [9.17, 15) is 4.79 Å². The van der Waals surface area contributed by atoms with Crippen LogP contribution in [0.25, 0.3) is 0 Å². The van der Waals surface area contributed by atoms with Crippen molar-refractivity contribution >= 4 is 27.5 Å². The standard InChI is InChI=1S/C31H44BrN5O/c1-23-29(24(2)34-22-33-23)30(38)35-19-15-31(3,16-20-35)36-17-13-28(14-18-36)37(21-25-7-5-4-6-8-25)27-11-9-26(32)10-12-27/h9-12,22,25,28H,4-8,13-21H2,1-3H3. The van der Waals surface area contributed by atoms with Crippen LogP contribution in [0.3, 0.4) is 0 Å². The van der Waals surface area contributed by atoms with Gasteiger partial charge in [-0.25, -0.2) is 9.97 Å². The van der Waals surface area contributed by atoms with E-state index in [1.807, 2.05) is 18.7 Å². The average molecular weight is 583 g/mol. The minimum Gasteiger partial charge on any atom is -0.368 e. The molecule has 0 spiro atoms. The second kappa shape index (κ2) is 12.0. The van der Waals surface area contributed by atoms with Crippen LogP contribution in [0.15, 0.2) is 35.1 Å². The minimum absolute atomic E-state index is 0.0919. The van der Waals surface area contributed by atoms with Crippen molar-refractivity contribution in [2.75, 3.05) is 37.6 Å². The summed E-state index contributed by atoms with van der Waals surface area (Å²) >= 11 is 3.62. The number of carbonyl (C=O) groups is 1. The second-order valence-corrected chi connectivity index (χ2v) is 13.0. The Kier molecular flexibility index (Phi) is 8.73. The highest BCUT2D eigenvalue weighted by Crippen LogP contribution is 2.35. The van der Waals surface area contributed by atoms with Crippen molar-refractivity contribution in [3.8, 4) is 0 Å². The summed E-state index contributed by atoms with van der Waals surface area (Å²) in [5.74, 6) is 0.918.